The second kappa shape index (κ2) is 2.41. The van der Waals surface area contributed by atoms with Crippen molar-refractivity contribution in [1.29, 1.82) is 0 Å². The van der Waals surface area contributed by atoms with Gasteiger partial charge in [-0.2, -0.15) is 10.1 Å². The van der Waals surface area contributed by atoms with Crippen LogP contribution in [0.25, 0.3) is 11.0 Å². The lowest BCUT2D eigenvalue weighted by Crippen LogP contribution is -2.19. The highest BCUT2D eigenvalue weighted by atomic mass is 16.1. The number of H-pyrrole nitrogens is 2. The van der Waals surface area contributed by atoms with E-state index >= 15 is 0 Å². The number of hydrogen-bond donors (Lipinski definition) is 3. The summed E-state index contributed by atoms with van der Waals surface area (Å²) in [6, 6.07) is 0. The van der Waals surface area contributed by atoms with Crippen molar-refractivity contribution in [3.8, 4) is 0 Å². The lowest BCUT2D eigenvalue weighted by atomic mass is 10.3. The minimum Gasteiger partial charge on any atom is -0.369 e. The Morgan fingerprint density at radius 1 is 1.38 bits per heavy atom. The van der Waals surface area contributed by atoms with Gasteiger partial charge in [-0.1, -0.05) is 0 Å². The normalized spacial score (nSPS) is 10.5. The van der Waals surface area contributed by atoms with Gasteiger partial charge in [0.1, 0.15) is 5.39 Å². The first-order chi connectivity index (χ1) is 6.18. The summed E-state index contributed by atoms with van der Waals surface area (Å²) in [6.07, 6.45) is 1.01. The molecule has 2 rings (SSSR count). The first-order valence-corrected chi connectivity index (χ1v) is 3.41. The molecule has 0 saturated heterocycles. The average Bonchev–Trinajstić information content (AvgIpc) is 2.02. The number of rotatable bonds is 0. The van der Waals surface area contributed by atoms with Gasteiger partial charge < -0.3 is 5.73 Å². The molecule has 0 atom stereocenters. The van der Waals surface area contributed by atoms with E-state index in [0.717, 1.165) is 6.20 Å². The van der Waals surface area contributed by atoms with E-state index in [0.29, 0.717) is 0 Å². The fraction of sp³-hybridized carbons (Fsp3) is 0. The Labute approximate surface area is 70.6 Å². The Balaban J connectivity index is 3.12. The summed E-state index contributed by atoms with van der Waals surface area (Å²) in [5.74, 6) is -0.0545. The van der Waals surface area contributed by atoms with Crippen LogP contribution in [0.2, 0.25) is 0 Å². The Bertz CT molecular complexity index is 569. The molecule has 0 radical (unpaired) electrons. The van der Waals surface area contributed by atoms with Crippen LogP contribution in [0.15, 0.2) is 15.8 Å². The zero-order valence-electron chi connectivity index (χ0n) is 6.37. The first kappa shape index (κ1) is 7.47. The molecule has 4 N–H and O–H groups in total. The van der Waals surface area contributed by atoms with Gasteiger partial charge in [0, 0.05) is 0 Å². The van der Waals surface area contributed by atoms with Gasteiger partial charge in [-0.05, 0) is 0 Å². The maximum Gasteiger partial charge on any atom is 0.265 e. The summed E-state index contributed by atoms with van der Waals surface area (Å²) in [5, 5.41) is 5.83. The van der Waals surface area contributed by atoms with Gasteiger partial charge in [-0.15, -0.1) is 0 Å². The minimum atomic E-state index is -0.564. The smallest absolute Gasteiger partial charge is 0.265 e. The van der Waals surface area contributed by atoms with Crippen LogP contribution in [0.4, 0.5) is 5.95 Å². The highest BCUT2D eigenvalue weighted by Gasteiger charge is 2.05. The summed E-state index contributed by atoms with van der Waals surface area (Å²) < 4.78 is 0. The molecule has 0 saturated carbocycles. The number of hydrogen-bond acceptors (Lipinski definition) is 5. The topological polar surface area (TPSA) is 118 Å². The third kappa shape index (κ3) is 1.06. The second-order valence-electron chi connectivity index (χ2n) is 2.41. The Hall–Kier alpha value is -2.18. The molecule has 0 amide bonds. The SMILES string of the molecule is Nc1nc2[nH]ncc(=O)c2c(=O)[nH]1. The van der Waals surface area contributed by atoms with Gasteiger partial charge >= 0.3 is 0 Å². The van der Waals surface area contributed by atoms with Gasteiger partial charge in [0.05, 0.1) is 6.20 Å². The molecule has 0 spiro atoms. The Morgan fingerprint density at radius 3 is 2.92 bits per heavy atom. The fourth-order valence-corrected chi connectivity index (χ4v) is 1.02. The van der Waals surface area contributed by atoms with Crippen LogP contribution in [-0.4, -0.2) is 20.2 Å². The van der Waals surface area contributed by atoms with Crippen molar-refractivity contribution >= 4 is 17.0 Å². The van der Waals surface area contributed by atoms with E-state index in [1.54, 1.807) is 0 Å². The van der Waals surface area contributed by atoms with Gasteiger partial charge in [0.15, 0.2) is 5.65 Å². The number of anilines is 1. The van der Waals surface area contributed by atoms with Gasteiger partial charge in [-0.3, -0.25) is 19.7 Å². The first-order valence-electron chi connectivity index (χ1n) is 3.41. The summed E-state index contributed by atoms with van der Waals surface area (Å²) in [5.41, 5.74) is 4.30. The van der Waals surface area contributed by atoms with Crippen molar-refractivity contribution in [3.63, 3.8) is 0 Å². The molecule has 0 bridgehead atoms. The molecule has 0 fully saturated rings. The predicted molar refractivity (Wildman–Crippen MR) is 45.2 cm³/mol. The molecular weight excluding hydrogens is 174 g/mol. The van der Waals surface area contributed by atoms with E-state index in [2.05, 4.69) is 20.2 Å². The molecule has 7 nitrogen and oxygen atoms in total. The number of nitrogens with two attached hydrogens (primary N) is 1. The summed E-state index contributed by atoms with van der Waals surface area (Å²) in [7, 11) is 0. The van der Waals surface area contributed by atoms with Crippen LogP contribution in [0, 0.1) is 0 Å². The monoisotopic (exact) mass is 179 g/mol. The van der Waals surface area contributed by atoms with Gasteiger partial charge in [-0.25, -0.2) is 0 Å². The molecule has 0 unspecified atom stereocenters. The van der Waals surface area contributed by atoms with Crippen molar-refractivity contribution in [2.75, 3.05) is 5.73 Å². The Morgan fingerprint density at radius 2 is 2.15 bits per heavy atom. The fourth-order valence-electron chi connectivity index (χ4n) is 1.02. The number of nitrogen functional groups attached to an aromatic ring is 1. The van der Waals surface area contributed by atoms with Crippen LogP contribution in [-0.2, 0) is 0 Å². The zero-order chi connectivity index (χ0) is 9.42. The van der Waals surface area contributed by atoms with Crippen molar-refractivity contribution in [2.24, 2.45) is 0 Å². The molecule has 2 aromatic rings. The molecule has 0 aliphatic carbocycles. The van der Waals surface area contributed by atoms with Crippen molar-refractivity contribution in [3.05, 3.63) is 26.8 Å². The van der Waals surface area contributed by atoms with E-state index in [9.17, 15) is 9.59 Å². The van der Waals surface area contributed by atoms with Crippen LogP contribution >= 0.6 is 0 Å². The number of fused-ring (bicyclic) bond motifs is 1. The lowest BCUT2D eigenvalue weighted by molar-refractivity contribution is 1.02. The van der Waals surface area contributed by atoms with E-state index < -0.39 is 11.0 Å². The summed E-state index contributed by atoms with van der Waals surface area (Å²) in [6.45, 7) is 0. The maximum atomic E-state index is 11.2. The van der Waals surface area contributed by atoms with Crippen molar-refractivity contribution < 1.29 is 0 Å². The zero-order valence-corrected chi connectivity index (χ0v) is 6.37. The molecule has 7 heteroatoms. The number of nitrogens with one attached hydrogen (secondary N) is 2. The standard InChI is InChI=1S/C6H5N5O2/c7-6-9-4-3(5(13)10-6)2(12)1-8-11-4/h1H,(H4,7,9,10,11,12,13). The summed E-state index contributed by atoms with van der Waals surface area (Å²) >= 11 is 0. The van der Waals surface area contributed by atoms with E-state index in [1.807, 2.05) is 0 Å². The predicted octanol–water partition coefficient (Wildman–Crippen LogP) is -1.41. The van der Waals surface area contributed by atoms with E-state index in [1.165, 1.54) is 0 Å². The van der Waals surface area contributed by atoms with Crippen LogP contribution in [0.1, 0.15) is 0 Å². The van der Waals surface area contributed by atoms with Crippen LogP contribution in [0.3, 0.4) is 0 Å². The van der Waals surface area contributed by atoms with Crippen LogP contribution < -0.4 is 16.7 Å². The molecule has 66 valence electrons. The Kier molecular flexibility index (Phi) is 1.38. The quantitative estimate of drug-likeness (QED) is 0.459. The maximum absolute atomic E-state index is 11.2. The highest BCUT2D eigenvalue weighted by molar-refractivity contribution is 5.72. The summed E-state index contributed by atoms with van der Waals surface area (Å²) in [4.78, 5) is 28.2. The molecule has 0 aliphatic heterocycles. The lowest BCUT2D eigenvalue weighted by Gasteiger charge is -1.95. The molecule has 2 heterocycles. The largest absolute Gasteiger partial charge is 0.369 e. The molecule has 0 aliphatic rings. The number of aromatic nitrogens is 4. The molecule has 2 aromatic heterocycles. The average molecular weight is 179 g/mol. The third-order valence-electron chi connectivity index (χ3n) is 1.54. The minimum absolute atomic E-state index is 0.0545. The van der Waals surface area contributed by atoms with Gasteiger partial charge in [0.25, 0.3) is 5.56 Å². The molecule has 13 heavy (non-hydrogen) atoms. The van der Waals surface area contributed by atoms with E-state index in [-0.39, 0.29) is 17.0 Å². The highest BCUT2D eigenvalue weighted by Crippen LogP contribution is 1.95. The number of nitrogens with zero attached hydrogens (tertiary/aromatic N) is 2. The third-order valence-corrected chi connectivity index (χ3v) is 1.54. The van der Waals surface area contributed by atoms with Crippen molar-refractivity contribution in [1.82, 2.24) is 20.2 Å². The van der Waals surface area contributed by atoms with E-state index in [4.69, 9.17) is 5.73 Å². The second-order valence-corrected chi connectivity index (χ2v) is 2.41. The molecular formula is C6H5N5O2. The van der Waals surface area contributed by atoms with Crippen LogP contribution in [0.5, 0.6) is 0 Å². The number of aromatic amines is 2. The van der Waals surface area contributed by atoms with Crippen molar-refractivity contribution in [2.45, 2.75) is 0 Å². The molecule has 0 aromatic carbocycles. The van der Waals surface area contributed by atoms with Gasteiger partial charge in [0.2, 0.25) is 11.4 Å².